The summed E-state index contributed by atoms with van der Waals surface area (Å²) >= 11 is 0. The van der Waals surface area contributed by atoms with Crippen molar-refractivity contribution in [2.75, 3.05) is 0 Å². The van der Waals surface area contributed by atoms with Gasteiger partial charge in [0.1, 0.15) is 12.2 Å². The maximum absolute atomic E-state index is 12.4. The Morgan fingerprint density at radius 1 is 1.17 bits per heavy atom. The van der Waals surface area contributed by atoms with Gasteiger partial charge in [0.05, 0.1) is 11.8 Å². The van der Waals surface area contributed by atoms with Crippen molar-refractivity contribution in [1.82, 2.24) is 5.32 Å². The van der Waals surface area contributed by atoms with E-state index in [1.54, 1.807) is 6.92 Å². The van der Waals surface area contributed by atoms with Gasteiger partial charge in [-0.15, -0.1) is 0 Å². The van der Waals surface area contributed by atoms with Crippen LogP contribution in [0.15, 0.2) is 34.9 Å². The lowest BCUT2D eigenvalue weighted by Gasteiger charge is -2.19. The zero-order valence-corrected chi connectivity index (χ0v) is 14.5. The van der Waals surface area contributed by atoms with E-state index in [1.165, 1.54) is 11.8 Å². The Morgan fingerprint density at radius 3 is 2.33 bits per heavy atom. The van der Waals surface area contributed by atoms with Gasteiger partial charge in [-0.3, -0.25) is 9.59 Å². The zero-order valence-electron chi connectivity index (χ0n) is 14.5. The summed E-state index contributed by atoms with van der Waals surface area (Å²) < 4.78 is 5.19. The van der Waals surface area contributed by atoms with E-state index < -0.39 is 5.97 Å². The standard InChI is InChI=1S/C19H23NO4/c1-12-11-24-15(9-16(21)22)17(12)18(23)20-10-13-5-7-14(8-6-13)19(2,3)4/h5-8,11H,9-10H2,1-4H3,(H,20,23)(H,21,22). The smallest absolute Gasteiger partial charge is 0.311 e. The molecule has 0 unspecified atom stereocenters. The van der Waals surface area contributed by atoms with Gasteiger partial charge in [-0.25, -0.2) is 0 Å². The molecule has 2 rings (SSSR count). The highest BCUT2D eigenvalue weighted by molar-refractivity contribution is 5.97. The molecule has 0 aliphatic heterocycles. The van der Waals surface area contributed by atoms with Gasteiger partial charge in [0, 0.05) is 12.1 Å². The Hall–Kier alpha value is -2.56. The third-order valence-corrected chi connectivity index (χ3v) is 3.86. The number of carboxylic acid groups (broad SMARTS) is 1. The van der Waals surface area contributed by atoms with Crippen LogP contribution < -0.4 is 5.32 Å². The monoisotopic (exact) mass is 329 g/mol. The summed E-state index contributed by atoms with van der Waals surface area (Å²) in [7, 11) is 0. The van der Waals surface area contributed by atoms with Gasteiger partial charge < -0.3 is 14.8 Å². The number of amides is 1. The van der Waals surface area contributed by atoms with Crippen LogP contribution in [0.5, 0.6) is 0 Å². The minimum Gasteiger partial charge on any atom is -0.481 e. The number of furan rings is 1. The molecular weight excluding hydrogens is 306 g/mol. The van der Waals surface area contributed by atoms with E-state index in [1.807, 2.05) is 12.1 Å². The lowest BCUT2D eigenvalue weighted by Crippen LogP contribution is -2.24. The number of rotatable bonds is 5. The first-order valence-electron chi connectivity index (χ1n) is 7.85. The quantitative estimate of drug-likeness (QED) is 0.880. The first kappa shape index (κ1) is 17.8. The molecule has 0 fully saturated rings. The van der Waals surface area contributed by atoms with E-state index in [0.717, 1.165) is 5.56 Å². The van der Waals surface area contributed by atoms with Crippen molar-refractivity contribution in [3.63, 3.8) is 0 Å². The van der Waals surface area contributed by atoms with Gasteiger partial charge in [0.15, 0.2) is 0 Å². The Kier molecular flexibility index (Phi) is 5.12. The molecule has 5 nitrogen and oxygen atoms in total. The third kappa shape index (κ3) is 4.25. The maximum Gasteiger partial charge on any atom is 0.311 e. The number of nitrogens with one attached hydrogen (secondary N) is 1. The molecule has 0 spiro atoms. The second kappa shape index (κ2) is 6.91. The molecule has 1 amide bonds. The van der Waals surface area contributed by atoms with Crippen molar-refractivity contribution in [1.29, 1.82) is 0 Å². The highest BCUT2D eigenvalue weighted by Gasteiger charge is 2.20. The molecule has 0 saturated heterocycles. The summed E-state index contributed by atoms with van der Waals surface area (Å²) in [5.74, 6) is -1.17. The largest absolute Gasteiger partial charge is 0.481 e. The molecule has 0 saturated carbocycles. The SMILES string of the molecule is Cc1coc(CC(=O)O)c1C(=O)NCc1ccc(C(C)(C)C)cc1. The van der Waals surface area contributed by atoms with E-state index >= 15 is 0 Å². The highest BCUT2D eigenvalue weighted by Crippen LogP contribution is 2.22. The van der Waals surface area contributed by atoms with Gasteiger partial charge in [-0.2, -0.15) is 0 Å². The van der Waals surface area contributed by atoms with Gasteiger partial charge >= 0.3 is 5.97 Å². The molecule has 128 valence electrons. The normalized spacial score (nSPS) is 11.3. The molecule has 1 aromatic carbocycles. The molecule has 0 aliphatic rings. The Morgan fingerprint density at radius 2 is 1.79 bits per heavy atom. The van der Waals surface area contributed by atoms with Crippen LogP contribution in [-0.2, 0) is 23.2 Å². The highest BCUT2D eigenvalue weighted by atomic mass is 16.4. The molecule has 1 aromatic heterocycles. The number of carbonyl (C=O) groups excluding carboxylic acids is 1. The fourth-order valence-corrected chi connectivity index (χ4v) is 2.46. The number of aryl methyl sites for hydroxylation is 1. The van der Waals surface area contributed by atoms with Crippen LogP contribution in [0.3, 0.4) is 0 Å². The van der Waals surface area contributed by atoms with Crippen LogP contribution in [0, 0.1) is 6.92 Å². The fraction of sp³-hybridized carbons (Fsp3) is 0.368. The van der Waals surface area contributed by atoms with Gasteiger partial charge in [-0.05, 0) is 23.5 Å². The molecular formula is C19H23NO4. The molecule has 24 heavy (non-hydrogen) atoms. The number of benzene rings is 1. The molecule has 2 N–H and O–H groups in total. The van der Waals surface area contributed by atoms with E-state index in [0.29, 0.717) is 17.7 Å². The lowest BCUT2D eigenvalue weighted by molar-refractivity contribution is -0.136. The fourth-order valence-electron chi connectivity index (χ4n) is 2.46. The lowest BCUT2D eigenvalue weighted by atomic mass is 9.87. The average Bonchev–Trinajstić information content (AvgIpc) is 2.84. The molecule has 0 aliphatic carbocycles. The Balaban J connectivity index is 2.06. The molecule has 5 heteroatoms. The van der Waals surface area contributed by atoms with Crippen molar-refractivity contribution in [2.24, 2.45) is 0 Å². The summed E-state index contributed by atoms with van der Waals surface area (Å²) in [5, 5.41) is 11.7. The van der Waals surface area contributed by atoms with Gasteiger partial charge in [0.25, 0.3) is 5.91 Å². The molecule has 2 aromatic rings. The number of aliphatic carboxylic acids is 1. The van der Waals surface area contributed by atoms with E-state index in [9.17, 15) is 9.59 Å². The molecule has 0 atom stereocenters. The van der Waals surface area contributed by atoms with Crippen molar-refractivity contribution in [2.45, 2.75) is 46.1 Å². The molecule has 0 radical (unpaired) electrons. The Bertz CT molecular complexity index is 736. The van der Waals surface area contributed by atoms with Crippen LogP contribution >= 0.6 is 0 Å². The third-order valence-electron chi connectivity index (χ3n) is 3.86. The zero-order chi connectivity index (χ0) is 17.9. The number of carboxylic acids is 1. The van der Waals surface area contributed by atoms with Crippen LogP contribution in [0.4, 0.5) is 0 Å². The van der Waals surface area contributed by atoms with Gasteiger partial charge in [0.2, 0.25) is 0 Å². The average molecular weight is 329 g/mol. The van der Waals surface area contributed by atoms with Crippen LogP contribution in [-0.4, -0.2) is 17.0 Å². The van der Waals surface area contributed by atoms with E-state index in [4.69, 9.17) is 9.52 Å². The summed E-state index contributed by atoms with van der Waals surface area (Å²) in [5.41, 5.74) is 3.24. The van der Waals surface area contributed by atoms with Crippen LogP contribution in [0.25, 0.3) is 0 Å². The minimum absolute atomic E-state index is 0.0847. The van der Waals surface area contributed by atoms with Crippen LogP contribution in [0.2, 0.25) is 0 Å². The van der Waals surface area contributed by atoms with Crippen molar-refractivity contribution >= 4 is 11.9 Å². The number of carbonyl (C=O) groups is 2. The summed E-state index contributed by atoms with van der Waals surface area (Å²) in [6, 6.07) is 8.09. The van der Waals surface area contributed by atoms with E-state index in [-0.39, 0.29) is 23.5 Å². The molecule has 1 heterocycles. The maximum atomic E-state index is 12.4. The number of hydrogen-bond donors (Lipinski definition) is 2. The molecule has 0 bridgehead atoms. The van der Waals surface area contributed by atoms with Crippen molar-refractivity contribution in [3.8, 4) is 0 Å². The summed E-state index contributed by atoms with van der Waals surface area (Å²) in [6.45, 7) is 8.54. The minimum atomic E-state index is -1.03. The van der Waals surface area contributed by atoms with E-state index in [2.05, 4.69) is 38.2 Å². The second-order valence-corrected chi connectivity index (χ2v) is 6.92. The number of hydrogen-bond acceptors (Lipinski definition) is 3. The topological polar surface area (TPSA) is 79.5 Å². The first-order chi connectivity index (χ1) is 11.2. The van der Waals surface area contributed by atoms with Gasteiger partial charge in [-0.1, -0.05) is 45.0 Å². The van der Waals surface area contributed by atoms with Crippen molar-refractivity contribution < 1.29 is 19.1 Å². The second-order valence-electron chi connectivity index (χ2n) is 6.92. The predicted octanol–water partition coefficient (Wildman–Crippen LogP) is 3.44. The predicted molar refractivity (Wildman–Crippen MR) is 91.1 cm³/mol. The Labute approximate surface area is 141 Å². The van der Waals surface area contributed by atoms with Crippen molar-refractivity contribution in [3.05, 3.63) is 58.5 Å². The summed E-state index contributed by atoms with van der Waals surface area (Å²) in [6.07, 6.45) is 1.10. The van der Waals surface area contributed by atoms with Crippen LogP contribution in [0.1, 0.15) is 53.6 Å². The summed E-state index contributed by atoms with van der Waals surface area (Å²) in [4.78, 5) is 23.2. The first-order valence-corrected chi connectivity index (χ1v) is 7.85.